The molecule has 1 aliphatic rings. The maximum absolute atomic E-state index is 11.5. The van der Waals surface area contributed by atoms with Crippen molar-refractivity contribution in [1.82, 2.24) is 15.9 Å². The van der Waals surface area contributed by atoms with E-state index < -0.39 is 36.3 Å². The predicted molar refractivity (Wildman–Crippen MR) is 73.9 cm³/mol. The zero-order chi connectivity index (χ0) is 17.4. The number of amides is 3. The number of ketones is 1. The second kappa shape index (κ2) is 8.96. The van der Waals surface area contributed by atoms with E-state index in [2.05, 4.69) is 15.7 Å². The number of nitrogens with one attached hydrogen (secondary N) is 2. The highest BCUT2D eigenvalue weighted by Gasteiger charge is 2.32. The van der Waals surface area contributed by atoms with Crippen molar-refractivity contribution in [2.24, 2.45) is 0 Å². The van der Waals surface area contributed by atoms with Crippen molar-refractivity contribution in [3.8, 4) is 0 Å². The van der Waals surface area contributed by atoms with Crippen LogP contribution in [0.4, 0.5) is 0 Å². The molecule has 0 aromatic carbocycles. The van der Waals surface area contributed by atoms with Crippen LogP contribution in [0.5, 0.6) is 0 Å². The summed E-state index contributed by atoms with van der Waals surface area (Å²) in [6.07, 6.45) is -0.0299. The highest BCUT2D eigenvalue weighted by atomic mass is 16.7. The van der Waals surface area contributed by atoms with E-state index in [1.807, 2.05) is 0 Å². The van der Waals surface area contributed by atoms with Crippen molar-refractivity contribution in [2.45, 2.75) is 45.1 Å². The van der Waals surface area contributed by atoms with Gasteiger partial charge in [0.05, 0.1) is 6.61 Å². The molecule has 10 heteroatoms. The second-order valence-electron chi connectivity index (χ2n) is 4.94. The third-order valence-electron chi connectivity index (χ3n) is 3.04. The summed E-state index contributed by atoms with van der Waals surface area (Å²) < 4.78 is 0. The van der Waals surface area contributed by atoms with Crippen molar-refractivity contribution in [1.29, 1.82) is 0 Å². The van der Waals surface area contributed by atoms with Gasteiger partial charge in [0, 0.05) is 25.7 Å². The number of carbonyl (C=O) groups is 5. The van der Waals surface area contributed by atoms with Gasteiger partial charge in [0.15, 0.2) is 5.78 Å². The second-order valence-corrected chi connectivity index (χ2v) is 4.94. The molecule has 0 aliphatic carbocycles. The van der Waals surface area contributed by atoms with Gasteiger partial charge in [-0.2, -0.15) is 0 Å². The lowest BCUT2D eigenvalue weighted by atomic mass is 10.2. The van der Waals surface area contributed by atoms with E-state index in [0.717, 1.165) is 0 Å². The SMILES string of the molecule is CC(=O)[C@H](CO)NNC(=O)CCCC(=O)ON1C(=O)CCC1=O. The number of Topliss-reactive ketones (excluding diaryl/α,β-unsaturated/α-hetero) is 1. The van der Waals surface area contributed by atoms with Crippen molar-refractivity contribution in [3.05, 3.63) is 0 Å². The van der Waals surface area contributed by atoms with E-state index >= 15 is 0 Å². The molecule has 1 saturated heterocycles. The molecule has 1 fully saturated rings. The lowest BCUT2D eigenvalue weighted by molar-refractivity contribution is -0.197. The Morgan fingerprint density at radius 2 is 1.83 bits per heavy atom. The average Bonchev–Trinajstić information content (AvgIpc) is 2.79. The van der Waals surface area contributed by atoms with Gasteiger partial charge in [0.2, 0.25) is 5.91 Å². The maximum Gasteiger partial charge on any atom is 0.333 e. The fraction of sp³-hybridized carbons (Fsp3) is 0.615. The van der Waals surface area contributed by atoms with Gasteiger partial charge in [-0.25, -0.2) is 10.2 Å². The van der Waals surface area contributed by atoms with Gasteiger partial charge < -0.3 is 9.94 Å². The molecule has 3 amide bonds. The molecule has 0 radical (unpaired) electrons. The number of carbonyl (C=O) groups excluding carboxylic acids is 5. The van der Waals surface area contributed by atoms with Gasteiger partial charge in [-0.15, -0.1) is 5.06 Å². The number of hydrazine groups is 1. The Morgan fingerprint density at radius 1 is 1.22 bits per heavy atom. The minimum Gasteiger partial charge on any atom is -0.394 e. The van der Waals surface area contributed by atoms with Crippen molar-refractivity contribution < 1.29 is 33.9 Å². The van der Waals surface area contributed by atoms with Crippen LogP contribution in [0, 0.1) is 0 Å². The third-order valence-corrected chi connectivity index (χ3v) is 3.04. The van der Waals surface area contributed by atoms with Crippen molar-refractivity contribution in [2.75, 3.05) is 6.61 Å². The van der Waals surface area contributed by atoms with Crippen LogP contribution in [0.1, 0.15) is 39.0 Å². The summed E-state index contributed by atoms with van der Waals surface area (Å²) in [4.78, 5) is 61.1. The van der Waals surface area contributed by atoms with Crippen LogP contribution in [-0.2, 0) is 28.8 Å². The van der Waals surface area contributed by atoms with Crippen LogP contribution in [0.25, 0.3) is 0 Å². The zero-order valence-corrected chi connectivity index (χ0v) is 12.7. The molecule has 0 aromatic heterocycles. The molecule has 0 saturated carbocycles. The van der Waals surface area contributed by atoms with Crippen LogP contribution >= 0.6 is 0 Å². The molecule has 1 aliphatic heterocycles. The van der Waals surface area contributed by atoms with E-state index in [-0.39, 0.29) is 37.9 Å². The summed E-state index contributed by atoms with van der Waals surface area (Å²) in [5.74, 6) is -2.73. The van der Waals surface area contributed by atoms with Crippen LogP contribution < -0.4 is 10.9 Å². The summed E-state index contributed by atoms with van der Waals surface area (Å²) in [7, 11) is 0. The van der Waals surface area contributed by atoms with Crippen molar-refractivity contribution in [3.63, 3.8) is 0 Å². The Kier molecular flexibility index (Phi) is 7.29. The molecule has 128 valence electrons. The highest BCUT2D eigenvalue weighted by Crippen LogP contribution is 2.13. The first-order valence-corrected chi connectivity index (χ1v) is 7.07. The van der Waals surface area contributed by atoms with Gasteiger partial charge in [-0.05, 0) is 13.3 Å². The minimum absolute atomic E-state index is 0.0162. The maximum atomic E-state index is 11.5. The predicted octanol–water partition coefficient (Wildman–Crippen LogP) is -1.67. The summed E-state index contributed by atoms with van der Waals surface area (Å²) in [6, 6.07) is -0.892. The molecule has 1 rings (SSSR count). The molecule has 1 atom stereocenters. The molecule has 0 bridgehead atoms. The lowest BCUT2D eigenvalue weighted by Crippen LogP contribution is -2.49. The number of rotatable bonds is 9. The quantitative estimate of drug-likeness (QED) is 0.337. The summed E-state index contributed by atoms with van der Waals surface area (Å²) in [5, 5.41) is 9.33. The Morgan fingerprint density at radius 3 is 2.35 bits per heavy atom. The molecule has 10 nitrogen and oxygen atoms in total. The van der Waals surface area contributed by atoms with E-state index in [4.69, 9.17) is 5.11 Å². The number of imide groups is 1. The monoisotopic (exact) mass is 329 g/mol. The minimum atomic E-state index is -0.892. The topological polar surface area (TPSA) is 142 Å². The summed E-state index contributed by atoms with van der Waals surface area (Å²) in [6.45, 7) is 0.802. The number of hydrogen-bond acceptors (Lipinski definition) is 8. The molecular weight excluding hydrogens is 310 g/mol. The lowest BCUT2D eigenvalue weighted by Gasteiger charge is -2.14. The Bertz CT molecular complexity index is 490. The normalized spacial score (nSPS) is 15.5. The first kappa shape index (κ1) is 18.7. The van der Waals surface area contributed by atoms with E-state index in [1.54, 1.807) is 0 Å². The smallest absolute Gasteiger partial charge is 0.333 e. The van der Waals surface area contributed by atoms with Gasteiger partial charge in [-0.3, -0.25) is 24.6 Å². The first-order valence-electron chi connectivity index (χ1n) is 7.07. The summed E-state index contributed by atoms with van der Waals surface area (Å²) in [5.41, 5.74) is 4.60. The van der Waals surface area contributed by atoms with E-state index in [1.165, 1.54) is 6.92 Å². The standard InChI is InChI=1S/C13H19N3O7/c1-8(18)9(7-17)14-15-10(19)3-2-4-13(22)23-16-11(20)5-6-12(16)21/h9,14,17H,2-7H2,1H3,(H,15,19)/t9-/m0/s1. The van der Waals surface area contributed by atoms with Gasteiger partial charge >= 0.3 is 5.97 Å². The molecule has 23 heavy (non-hydrogen) atoms. The van der Waals surface area contributed by atoms with Crippen LogP contribution in [0.15, 0.2) is 0 Å². The third kappa shape index (κ3) is 6.12. The number of aliphatic hydroxyl groups is 1. The molecule has 3 N–H and O–H groups in total. The van der Waals surface area contributed by atoms with Gasteiger partial charge in [-0.1, -0.05) is 0 Å². The largest absolute Gasteiger partial charge is 0.394 e. The average molecular weight is 329 g/mol. The molecule has 0 unspecified atom stereocenters. The fourth-order valence-electron chi connectivity index (χ4n) is 1.70. The first-order chi connectivity index (χ1) is 10.8. The van der Waals surface area contributed by atoms with Crippen molar-refractivity contribution >= 4 is 29.5 Å². The zero-order valence-electron chi connectivity index (χ0n) is 12.7. The fourth-order valence-corrected chi connectivity index (χ4v) is 1.70. The molecule has 1 heterocycles. The van der Waals surface area contributed by atoms with Gasteiger partial charge in [0.1, 0.15) is 6.04 Å². The van der Waals surface area contributed by atoms with Crippen LogP contribution in [-0.4, -0.2) is 52.3 Å². The number of hydroxylamine groups is 2. The Hall–Kier alpha value is -2.33. The van der Waals surface area contributed by atoms with E-state index in [0.29, 0.717) is 5.06 Å². The Balaban J connectivity index is 2.21. The van der Waals surface area contributed by atoms with Gasteiger partial charge in [0.25, 0.3) is 11.8 Å². The van der Waals surface area contributed by atoms with Crippen LogP contribution in [0.2, 0.25) is 0 Å². The molecule has 0 spiro atoms. The van der Waals surface area contributed by atoms with Crippen LogP contribution in [0.3, 0.4) is 0 Å². The Labute approximate surface area is 132 Å². The number of nitrogens with zero attached hydrogens (tertiary/aromatic N) is 1. The number of hydrogen-bond donors (Lipinski definition) is 3. The number of aliphatic hydroxyl groups excluding tert-OH is 1. The molecule has 0 aromatic rings. The summed E-state index contributed by atoms with van der Waals surface area (Å²) >= 11 is 0. The van der Waals surface area contributed by atoms with E-state index in [9.17, 15) is 24.0 Å². The highest BCUT2D eigenvalue weighted by molar-refractivity contribution is 6.01. The molecular formula is C13H19N3O7.